The lowest BCUT2D eigenvalue weighted by atomic mass is 10.0. The molecule has 30 heavy (non-hydrogen) atoms. The number of hydrogen-bond donors (Lipinski definition) is 1. The fourth-order valence-electron chi connectivity index (χ4n) is 3.32. The molecule has 0 aromatic heterocycles. The molecule has 0 unspecified atom stereocenters. The molecule has 150 valence electrons. The molecule has 4 aromatic rings. The molecule has 5 nitrogen and oxygen atoms in total. The largest absolute Gasteiger partial charge is 0.488 e. The zero-order valence-corrected chi connectivity index (χ0v) is 16.0. The van der Waals surface area contributed by atoms with Crippen LogP contribution in [0.4, 0.5) is 15.8 Å². The molecule has 0 aliphatic rings. The van der Waals surface area contributed by atoms with Crippen molar-refractivity contribution in [2.24, 2.45) is 0 Å². The number of nitrogens with one attached hydrogen (secondary N) is 1. The van der Waals surface area contributed by atoms with E-state index in [0.29, 0.717) is 23.5 Å². The van der Waals surface area contributed by atoms with Gasteiger partial charge in [-0.2, -0.15) is 0 Å². The molecular formula is C24H19FN2O3. The predicted octanol–water partition coefficient (Wildman–Crippen LogP) is 6.08. The minimum Gasteiger partial charge on any atom is -0.488 e. The highest BCUT2D eigenvalue weighted by atomic mass is 19.1. The van der Waals surface area contributed by atoms with Crippen molar-refractivity contribution < 1.29 is 14.1 Å². The van der Waals surface area contributed by atoms with Crippen LogP contribution in [-0.2, 0) is 13.2 Å². The molecule has 0 fully saturated rings. The first-order valence-electron chi connectivity index (χ1n) is 9.47. The van der Waals surface area contributed by atoms with Crippen LogP contribution in [0.3, 0.4) is 0 Å². The first-order chi connectivity index (χ1) is 14.6. The van der Waals surface area contributed by atoms with Crippen molar-refractivity contribution in [3.8, 4) is 5.75 Å². The number of halogens is 1. The molecule has 0 aliphatic carbocycles. The minimum absolute atomic E-state index is 0.0222. The molecule has 0 saturated heterocycles. The Morgan fingerprint density at radius 3 is 2.57 bits per heavy atom. The van der Waals surface area contributed by atoms with Gasteiger partial charge in [-0.3, -0.25) is 10.1 Å². The Labute approximate surface area is 172 Å². The summed E-state index contributed by atoms with van der Waals surface area (Å²) in [6.07, 6.45) is 0. The summed E-state index contributed by atoms with van der Waals surface area (Å²) in [6, 6.07) is 24.6. The summed E-state index contributed by atoms with van der Waals surface area (Å²) in [4.78, 5) is 10.6. The molecule has 0 radical (unpaired) electrons. The van der Waals surface area contributed by atoms with Crippen LogP contribution < -0.4 is 10.1 Å². The van der Waals surface area contributed by atoms with Crippen molar-refractivity contribution in [3.05, 3.63) is 112 Å². The normalized spacial score (nSPS) is 10.7. The Morgan fingerprint density at radius 2 is 1.73 bits per heavy atom. The number of anilines is 1. The first kappa shape index (κ1) is 19.4. The van der Waals surface area contributed by atoms with Crippen LogP contribution in [0.1, 0.15) is 11.1 Å². The van der Waals surface area contributed by atoms with Crippen LogP contribution in [0.15, 0.2) is 84.9 Å². The van der Waals surface area contributed by atoms with Gasteiger partial charge < -0.3 is 10.1 Å². The topological polar surface area (TPSA) is 64.4 Å². The zero-order valence-electron chi connectivity index (χ0n) is 16.0. The van der Waals surface area contributed by atoms with E-state index in [9.17, 15) is 14.5 Å². The van der Waals surface area contributed by atoms with Gasteiger partial charge in [0.2, 0.25) is 0 Å². The van der Waals surface area contributed by atoms with Gasteiger partial charge in [0.15, 0.2) is 0 Å². The van der Waals surface area contributed by atoms with Crippen molar-refractivity contribution >= 4 is 22.1 Å². The number of nitrogens with zero attached hydrogens (tertiary/aromatic N) is 1. The number of non-ortho nitro benzene ring substituents is 1. The highest BCUT2D eigenvalue weighted by Crippen LogP contribution is 2.30. The first-order valence-corrected chi connectivity index (χ1v) is 9.47. The van der Waals surface area contributed by atoms with Gasteiger partial charge >= 0.3 is 0 Å². The molecule has 4 rings (SSSR count). The summed E-state index contributed by atoms with van der Waals surface area (Å²) in [5, 5.41) is 16.3. The standard InChI is InChI=1S/C24H19FN2O3/c25-23-11-4-2-7-18(23)16-30-24-13-12-17-6-1-3-10-21(17)22(24)15-26-19-8-5-9-20(14-19)27(28)29/h1-14,26H,15-16H2. The van der Waals surface area contributed by atoms with Crippen molar-refractivity contribution in [2.75, 3.05) is 5.32 Å². The maximum atomic E-state index is 14.0. The average molecular weight is 402 g/mol. The maximum Gasteiger partial charge on any atom is 0.271 e. The van der Waals surface area contributed by atoms with Crippen molar-refractivity contribution in [2.45, 2.75) is 13.2 Å². The summed E-state index contributed by atoms with van der Waals surface area (Å²) >= 11 is 0. The fourth-order valence-corrected chi connectivity index (χ4v) is 3.32. The summed E-state index contributed by atoms with van der Waals surface area (Å²) in [7, 11) is 0. The Bertz CT molecular complexity index is 1210. The van der Waals surface area contributed by atoms with E-state index in [-0.39, 0.29) is 18.1 Å². The van der Waals surface area contributed by atoms with Gasteiger partial charge in [0, 0.05) is 35.5 Å². The number of hydrogen-bond acceptors (Lipinski definition) is 4. The van der Waals surface area contributed by atoms with Crippen LogP contribution in [-0.4, -0.2) is 4.92 Å². The molecule has 0 aliphatic heterocycles. The molecule has 4 aromatic carbocycles. The number of nitro groups is 1. The second-order valence-electron chi connectivity index (χ2n) is 6.80. The SMILES string of the molecule is O=[N+]([O-])c1cccc(NCc2c(OCc3ccccc3F)ccc3ccccc23)c1. The molecule has 6 heteroatoms. The lowest BCUT2D eigenvalue weighted by molar-refractivity contribution is -0.384. The fraction of sp³-hybridized carbons (Fsp3) is 0.0833. The molecule has 0 saturated carbocycles. The molecule has 1 N–H and O–H groups in total. The van der Waals surface area contributed by atoms with Gasteiger partial charge in [0.05, 0.1) is 4.92 Å². The number of ether oxygens (including phenoxy) is 1. The number of rotatable bonds is 7. The van der Waals surface area contributed by atoms with E-state index in [1.165, 1.54) is 18.2 Å². The summed E-state index contributed by atoms with van der Waals surface area (Å²) in [5.74, 6) is 0.324. The highest BCUT2D eigenvalue weighted by Gasteiger charge is 2.12. The van der Waals surface area contributed by atoms with E-state index in [1.54, 1.807) is 30.3 Å². The third kappa shape index (κ3) is 4.22. The van der Waals surface area contributed by atoms with E-state index in [1.807, 2.05) is 36.4 Å². The van der Waals surface area contributed by atoms with Gasteiger partial charge in [-0.25, -0.2) is 4.39 Å². The van der Waals surface area contributed by atoms with Crippen LogP contribution in [0, 0.1) is 15.9 Å². The predicted molar refractivity (Wildman–Crippen MR) is 115 cm³/mol. The van der Waals surface area contributed by atoms with Crippen LogP contribution >= 0.6 is 0 Å². The van der Waals surface area contributed by atoms with Gasteiger partial charge in [-0.15, -0.1) is 0 Å². The quantitative estimate of drug-likeness (QED) is 0.301. The van der Waals surface area contributed by atoms with Gasteiger partial charge in [-0.1, -0.05) is 54.6 Å². The molecule has 0 spiro atoms. The van der Waals surface area contributed by atoms with Crippen LogP contribution in [0.2, 0.25) is 0 Å². The maximum absolute atomic E-state index is 14.0. The third-order valence-corrected chi connectivity index (χ3v) is 4.86. The van der Waals surface area contributed by atoms with E-state index in [0.717, 1.165) is 16.3 Å². The van der Waals surface area contributed by atoms with E-state index >= 15 is 0 Å². The Kier molecular flexibility index (Phi) is 5.57. The van der Waals surface area contributed by atoms with Crippen molar-refractivity contribution in [1.82, 2.24) is 0 Å². The molecule has 0 amide bonds. The highest BCUT2D eigenvalue weighted by molar-refractivity contribution is 5.88. The van der Waals surface area contributed by atoms with Gasteiger partial charge in [0.1, 0.15) is 18.2 Å². The number of benzene rings is 4. The van der Waals surface area contributed by atoms with E-state index in [2.05, 4.69) is 5.32 Å². The molecule has 0 heterocycles. The van der Waals surface area contributed by atoms with E-state index < -0.39 is 4.92 Å². The Balaban J connectivity index is 1.63. The second-order valence-corrected chi connectivity index (χ2v) is 6.80. The summed E-state index contributed by atoms with van der Waals surface area (Å²) < 4.78 is 19.9. The lowest BCUT2D eigenvalue weighted by Gasteiger charge is -2.16. The monoisotopic (exact) mass is 402 g/mol. The number of nitro benzene ring substituents is 1. The van der Waals surface area contributed by atoms with Gasteiger partial charge in [0.25, 0.3) is 5.69 Å². The van der Waals surface area contributed by atoms with Crippen LogP contribution in [0.25, 0.3) is 10.8 Å². The smallest absolute Gasteiger partial charge is 0.271 e. The lowest BCUT2D eigenvalue weighted by Crippen LogP contribution is -2.05. The Morgan fingerprint density at radius 1 is 0.933 bits per heavy atom. The molecule has 0 atom stereocenters. The summed E-state index contributed by atoms with van der Waals surface area (Å²) in [5.41, 5.74) is 2.03. The second kappa shape index (κ2) is 8.61. The average Bonchev–Trinajstić information content (AvgIpc) is 2.77. The zero-order chi connectivity index (χ0) is 20.9. The minimum atomic E-state index is -0.425. The van der Waals surface area contributed by atoms with Crippen molar-refractivity contribution in [1.29, 1.82) is 0 Å². The van der Waals surface area contributed by atoms with Crippen molar-refractivity contribution in [3.63, 3.8) is 0 Å². The Hall–Kier alpha value is -3.93. The van der Waals surface area contributed by atoms with Gasteiger partial charge in [-0.05, 0) is 29.0 Å². The molecular weight excluding hydrogens is 383 g/mol. The molecule has 0 bridgehead atoms. The van der Waals surface area contributed by atoms with Crippen LogP contribution in [0.5, 0.6) is 5.75 Å². The third-order valence-electron chi connectivity index (χ3n) is 4.86. The summed E-state index contributed by atoms with van der Waals surface area (Å²) in [6.45, 7) is 0.504. The number of fused-ring (bicyclic) bond motifs is 1. The van der Waals surface area contributed by atoms with E-state index in [4.69, 9.17) is 4.74 Å².